The van der Waals surface area contributed by atoms with Gasteiger partial charge in [-0.2, -0.15) is 0 Å². The van der Waals surface area contributed by atoms with Crippen LogP contribution in [0.15, 0.2) is 24.3 Å². The van der Waals surface area contributed by atoms with Crippen LogP contribution in [0.1, 0.15) is 36.9 Å². The Hall–Kier alpha value is -1.85. The topological polar surface area (TPSA) is 57.4 Å². The molecule has 0 aliphatic carbocycles. The molecule has 4 heterocycles. The summed E-state index contributed by atoms with van der Waals surface area (Å²) >= 11 is 0. The quantitative estimate of drug-likeness (QED) is 0.838. The van der Waals surface area contributed by atoms with Crippen LogP contribution in [0, 0.1) is 0 Å². The molecule has 3 aliphatic heterocycles. The third-order valence-corrected chi connectivity index (χ3v) is 6.24. The van der Waals surface area contributed by atoms with E-state index in [0.29, 0.717) is 0 Å². The number of fused-ring (bicyclic) bond motifs is 4. The molecule has 1 aromatic heterocycles. The van der Waals surface area contributed by atoms with Gasteiger partial charge in [0.05, 0.1) is 18.3 Å². The molecular weight excluding hydrogens is 314 g/mol. The molecule has 1 spiro atoms. The molecule has 1 amide bonds. The lowest BCUT2D eigenvalue weighted by Gasteiger charge is -2.44. The summed E-state index contributed by atoms with van der Waals surface area (Å²) in [4.78, 5) is 18.3. The molecule has 5 nitrogen and oxygen atoms in total. The average molecular weight is 339 g/mol. The Morgan fingerprint density at radius 3 is 2.88 bits per heavy atom. The largest absolute Gasteiger partial charge is 0.368 e. The van der Waals surface area contributed by atoms with E-state index in [1.165, 1.54) is 22.2 Å². The Kier molecular flexibility index (Phi) is 3.61. The lowest BCUT2D eigenvalue weighted by molar-refractivity contribution is -0.142. The Morgan fingerprint density at radius 1 is 1.24 bits per heavy atom. The van der Waals surface area contributed by atoms with Crippen LogP contribution in [-0.4, -0.2) is 48.1 Å². The zero-order chi connectivity index (χ0) is 16.9. The molecule has 2 N–H and O–H groups in total. The molecule has 1 unspecified atom stereocenters. The molecule has 2 fully saturated rings. The minimum absolute atomic E-state index is 0.0324. The number of rotatable bonds is 1. The van der Waals surface area contributed by atoms with Crippen molar-refractivity contribution in [2.75, 3.05) is 26.2 Å². The molecule has 25 heavy (non-hydrogen) atoms. The van der Waals surface area contributed by atoms with Crippen LogP contribution < -0.4 is 5.32 Å². The average Bonchev–Trinajstić information content (AvgIpc) is 3.31. The standard InChI is InChI=1S/C20H25N3O2/c24-19(17-6-3-10-21-17)23-11-8-20(9-12-23)18-15(7-13-25-20)14-4-1-2-5-16(14)22-18/h1-2,4-5,17,21-22H,3,6-13H2. The molecule has 0 bridgehead atoms. The van der Waals surface area contributed by atoms with Gasteiger partial charge in [0.15, 0.2) is 0 Å². The van der Waals surface area contributed by atoms with E-state index >= 15 is 0 Å². The van der Waals surface area contributed by atoms with Gasteiger partial charge < -0.3 is 19.9 Å². The van der Waals surface area contributed by atoms with E-state index < -0.39 is 0 Å². The van der Waals surface area contributed by atoms with E-state index in [1.54, 1.807) is 0 Å². The van der Waals surface area contributed by atoms with Crippen molar-refractivity contribution in [3.05, 3.63) is 35.5 Å². The Labute approximate surface area is 147 Å². The summed E-state index contributed by atoms with van der Waals surface area (Å²) in [6.07, 6.45) is 4.81. The molecule has 0 saturated carbocycles. The second kappa shape index (κ2) is 5.85. The number of carbonyl (C=O) groups is 1. The number of H-pyrrole nitrogens is 1. The number of nitrogens with one attached hydrogen (secondary N) is 2. The van der Waals surface area contributed by atoms with Crippen LogP contribution in [-0.2, 0) is 21.6 Å². The van der Waals surface area contributed by atoms with Crippen molar-refractivity contribution in [2.45, 2.75) is 43.7 Å². The van der Waals surface area contributed by atoms with Gasteiger partial charge in [-0.15, -0.1) is 0 Å². The third kappa shape index (κ3) is 2.41. The fourth-order valence-corrected chi connectivity index (χ4v) is 4.87. The number of amides is 1. The number of carbonyl (C=O) groups excluding carboxylic acids is 1. The Morgan fingerprint density at radius 2 is 2.08 bits per heavy atom. The number of para-hydroxylation sites is 1. The fraction of sp³-hybridized carbons (Fsp3) is 0.550. The number of aromatic amines is 1. The summed E-state index contributed by atoms with van der Waals surface area (Å²) in [6.45, 7) is 3.31. The van der Waals surface area contributed by atoms with E-state index in [2.05, 4.69) is 34.6 Å². The van der Waals surface area contributed by atoms with Crippen molar-refractivity contribution in [3.63, 3.8) is 0 Å². The summed E-state index contributed by atoms with van der Waals surface area (Å²) in [5.41, 5.74) is 3.63. The first-order valence-electron chi connectivity index (χ1n) is 9.53. The summed E-state index contributed by atoms with van der Waals surface area (Å²) < 4.78 is 6.33. The smallest absolute Gasteiger partial charge is 0.239 e. The minimum Gasteiger partial charge on any atom is -0.368 e. The van der Waals surface area contributed by atoms with Crippen LogP contribution >= 0.6 is 0 Å². The predicted molar refractivity (Wildman–Crippen MR) is 96.5 cm³/mol. The first kappa shape index (κ1) is 15.4. The molecule has 2 aromatic rings. The van der Waals surface area contributed by atoms with Gasteiger partial charge in [0.25, 0.3) is 0 Å². The molecule has 3 aliphatic rings. The number of benzene rings is 1. The monoisotopic (exact) mass is 339 g/mol. The SMILES string of the molecule is O=C(C1CCCN1)N1CCC2(CC1)OCCc1c2[nH]c2ccccc12. The van der Waals surface area contributed by atoms with Crippen LogP contribution in [0.25, 0.3) is 10.9 Å². The van der Waals surface area contributed by atoms with E-state index in [0.717, 1.165) is 58.3 Å². The van der Waals surface area contributed by atoms with Crippen molar-refractivity contribution in [1.82, 2.24) is 15.2 Å². The van der Waals surface area contributed by atoms with E-state index in [9.17, 15) is 4.79 Å². The van der Waals surface area contributed by atoms with Gasteiger partial charge >= 0.3 is 0 Å². The Bertz CT molecular complexity index is 798. The van der Waals surface area contributed by atoms with Gasteiger partial charge in [-0.3, -0.25) is 4.79 Å². The molecule has 1 atom stereocenters. The maximum atomic E-state index is 12.7. The number of piperidine rings is 1. The number of nitrogens with zero attached hydrogens (tertiary/aromatic N) is 1. The van der Waals surface area contributed by atoms with Crippen LogP contribution in [0.5, 0.6) is 0 Å². The van der Waals surface area contributed by atoms with E-state index in [-0.39, 0.29) is 17.6 Å². The van der Waals surface area contributed by atoms with Gasteiger partial charge in [0, 0.05) is 24.0 Å². The lowest BCUT2D eigenvalue weighted by atomic mass is 9.83. The van der Waals surface area contributed by atoms with Gasteiger partial charge in [-0.05, 0) is 50.3 Å². The predicted octanol–water partition coefficient (Wildman–Crippen LogP) is 2.31. The molecule has 132 valence electrons. The van der Waals surface area contributed by atoms with Crippen molar-refractivity contribution < 1.29 is 9.53 Å². The fourth-order valence-electron chi connectivity index (χ4n) is 4.87. The number of likely N-dealkylation sites (tertiary alicyclic amines) is 1. The van der Waals surface area contributed by atoms with Crippen molar-refractivity contribution in [2.24, 2.45) is 0 Å². The third-order valence-electron chi connectivity index (χ3n) is 6.24. The number of hydrogen-bond donors (Lipinski definition) is 2. The van der Waals surface area contributed by atoms with Crippen LogP contribution in [0.3, 0.4) is 0 Å². The highest BCUT2D eigenvalue weighted by molar-refractivity contribution is 5.85. The Balaban J connectivity index is 1.40. The first-order valence-corrected chi connectivity index (χ1v) is 9.53. The zero-order valence-corrected chi connectivity index (χ0v) is 14.5. The number of aromatic nitrogens is 1. The van der Waals surface area contributed by atoms with Crippen LogP contribution in [0.2, 0.25) is 0 Å². The zero-order valence-electron chi connectivity index (χ0n) is 14.5. The first-order chi connectivity index (χ1) is 12.3. The molecule has 1 aromatic carbocycles. The van der Waals surface area contributed by atoms with Gasteiger partial charge in [0.2, 0.25) is 5.91 Å². The maximum absolute atomic E-state index is 12.7. The molecular formula is C20H25N3O2. The summed E-state index contributed by atoms with van der Waals surface area (Å²) in [7, 11) is 0. The normalized spacial score (nSPS) is 25.4. The summed E-state index contributed by atoms with van der Waals surface area (Å²) in [5, 5.41) is 4.66. The molecule has 0 radical (unpaired) electrons. The van der Waals surface area contributed by atoms with E-state index in [1.807, 2.05) is 4.90 Å². The summed E-state index contributed by atoms with van der Waals surface area (Å²) in [5.74, 6) is 0.278. The maximum Gasteiger partial charge on any atom is 0.239 e. The molecule has 2 saturated heterocycles. The van der Waals surface area contributed by atoms with Crippen LogP contribution in [0.4, 0.5) is 0 Å². The molecule has 5 rings (SSSR count). The highest BCUT2D eigenvalue weighted by Crippen LogP contribution is 2.43. The molecule has 5 heteroatoms. The second-order valence-electron chi connectivity index (χ2n) is 7.59. The van der Waals surface area contributed by atoms with Gasteiger partial charge in [0.1, 0.15) is 5.60 Å². The summed E-state index contributed by atoms with van der Waals surface area (Å²) in [6, 6.07) is 8.56. The number of hydrogen-bond acceptors (Lipinski definition) is 3. The van der Waals surface area contributed by atoms with Gasteiger partial charge in [-0.25, -0.2) is 0 Å². The number of ether oxygens (including phenoxy) is 1. The second-order valence-corrected chi connectivity index (χ2v) is 7.59. The van der Waals surface area contributed by atoms with Crippen molar-refractivity contribution in [3.8, 4) is 0 Å². The van der Waals surface area contributed by atoms with Crippen molar-refractivity contribution >= 4 is 16.8 Å². The minimum atomic E-state index is -0.244. The highest BCUT2D eigenvalue weighted by Gasteiger charge is 2.44. The van der Waals surface area contributed by atoms with E-state index in [4.69, 9.17) is 4.74 Å². The van der Waals surface area contributed by atoms with Crippen molar-refractivity contribution in [1.29, 1.82) is 0 Å². The highest BCUT2D eigenvalue weighted by atomic mass is 16.5. The van der Waals surface area contributed by atoms with Gasteiger partial charge in [-0.1, -0.05) is 18.2 Å². The lowest BCUT2D eigenvalue weighted by Crippen LogP contribution is -2.52.